The van der Waals surface area contributed by atoms with Gasteiger partial charge in [0.05, 0.1) is 11.5 Å². The smallest absolute Gasteiger partial charge is 0.305 e. The van der Waals surface area contributed by atoms with Crippen molar-refractivity contribution >= 4 is 23.0 Å². The first-order valence-corrected chi connectivity index (χ1v) is 5.22. The lowest BCUT2D eigenvalue weighted by molar-refractivity contribution is -0.385. The molecule has 0 spiro atoms. The number of aromatic nitrogens is 3. The Kier molecular flexibility index (Phi) is 3.01. The van der Waals surface area contributed by atoms with Crippen molar-refractivity contribution in [3.05, 3.63) is 39.1 Å². The van der Waals surface area contributed by atoms with E-state index in [0.29, 0.717) is 12.5 Å². The first-order valence-electron chi connectivity index (χ1n) is 4.34. The van der Waals surface area contributed by atoms with Crippen LogP contribution in [0.15, 0.2) is 24.0 Å². The number of hydrogen-bond acceptors (Lipinski definition) is 7. The molecule has 0 aliphatic carbocycles. The van der Waals surface area contributed by atoms with Crippen LogP contribution in [-0.2, 0) is 6.54 Å². The van der Waals surface area contributed by atoms with Gasteiger partial charge in [0.15, 0.2) is 0 Å². The van der Waals surface area contributed by atoms with Crippen LogP contribution in [0.2, 0.25) is 0 Å². The molecular weight excluding hydrogens is 230 g/mol. The average Bonchev–Trinajstić information content (AvgIpc) is 2.80. The maximum atomic E-state index is 10.4. The second-order valence-corrected chi connectivity index (χ2v) is 3.78. The summed E-state index contributed by atoms with van der Waals surface area (Å²) in [6.07, 6.45) is 4.03. The molecule has 2 aromatic heterocycles. The third kappa shape index (κ3) is 2.48. The number of nitrogens with one attached hydrogen (secondary N) is 1. The zero-order valence-corrected chi connectivity index (χ0v) is 8.85. The van der Waals surface area contributed by atoms with E-state index in [-0.39, 0.29) is 5.69 Å². The largest absolute Gasteiger partial charge is 0.348 e. The summed E-state index contributed by atoms with van der Waals surface area (Å²) in [4.78, 5) is 21.5. The summed E-state index contributed by atoms with van der Waals surface area (Å²) in [5, 5.41) is 16.0. The van der Waals surface area contributed by atoms with Gasteiger partial charge >= 0.3 is 5.69 Å². The maximum absolute atomic E-state index is 10.4. The summed E-state index contributed by atoms with van der Waals surface area (Å²) in [5.41, 5.74) is -0.125. The lowest BCUT2D eigenvalue weighted by Gasteiger charge is -2.00. The highest BCUT2D eigenvalue weighted by Crippen LogP contribution is 2.10. The summed E-state index contributed by atoms with van der Waals surface area (Å²) >= 11 is 1.51. The second kappa shape index (κ2) is 4.62. The van der Waals surface area contributed by atoms with E-state index in [1.165, 1.54) is 11.3 Å². The van der Waals surface area contributed by atoms with Crippen molar-refractivity contribution in [1.29, 1.82) is 0 Å². The van der Waals surface area contributed by atoms with Crippen molar-refractivity contribution in [2.75, 3.05) is 5.32 Å². The minimum Gasteiger partial charge on any atom is -0.348 e. The molecule has 2 aromatic rings. The van der Waals surface area contributed by atoms with E-state index in [1.54, 1.807) is 6.20 Å². The highest BCUT2D eigenvalue weighted by Gasteiger charge is 2.06. The van der Waals surface area contributed by atoms with Crippen molar-refractivity contribution in [2.45, 2.75) is 6.54 Å². The molecule has 2 rings (SSSR count). The number of thiazole rings is 1. The summed E-state index contributed by atoms with van der Waals surface area (Å²) in [6.45, 7) is 0.509. The number of rotatable bonds is 4. The van der Waals surface area contributed by atoms with Crippen LogP contribution in [0.5, 0.6) is 0 Å². The molecule has 0 aromatic carbocycles. The zero-order valence-electron chi connectivity index (χ0n) is 8.03. The molecule has 0 unspecified atom stereocenters. The van der Waals surface area contributed by atoms with Gasteiger partial charge in [0, 0.05) is 11.6 Å². The van der Waals surface area contributed by atoms with Gasteiger partial charge in [-0.2, -0.15) is 0 Å². The molecule has 0 aliphatic rings. The molecule has 0 saturated heterocycles. The van der Waals surface area contributed by atoms with E-state index < -0.39 is 4.92 Å². The highest BCUT2D eigenvalue weighted by molar-refractivity contribution is 7.09. The molecule has 0 saturated carbocycles. The first-order chi connectivity index (χ1) is 7.75. The fourth-order valence-corrected chi connectivity index (χ4v) is 1.56. The Morgan fingerprint density at radius 3 is 2.69 bits per heavy atom. The molecule has 0 fully saturated rings. The van der Waals surface area contributed by atoms with Crippen molar-refractivity contribution in [3.63, 3.8) is 0 Å². The monoisotopic (exact) mass is 237 g/mol. The van der Waals surface area contributed by atoms with Gasteiger partial charge in [-0.1, -0.05) is 0 Å². The predicted molar refractivity (Wildman–Crippen MR) is 58.1 cm³/mol. The van der Waals surface area contributed by atoms with Crippen molar-refractivity contribution in [3.8, 4) is 0 Å². The predicted octanol–water partition coefficient (Wildman–Crippen LogP) is 1.45. The van der Waals surface area contributed by atoms with Crippen molar-refractivity contribution in [1.82, 2.24) is 15.0 Å². The van der Waals surface area contributed by atoms with Gasteiger partial charge in [-0.25, -0.2) is 15.0 Å². The van der Waals surface area contributed by atoms with Gasteiger partial charge in [-0.15, -0.1) is 11.3 Å². The van der Waals surface area contributed by atoms with E-state index in [9.17, 15) is 10.1 Å². The Morgan fingerprint density at radius 1 is 1.38 bits per heavy atom. The zero-order chi connectivity index (χ0) is 11.4. The SMILES string of the molecule is O=[N+]([O-])c1cnc(NCc2nccs2)nc1. The van der Waals surface area contributed by atoms with Gasteiger partial charge < -0.3 is 5.32 Å². The van der Waals surface area contributed by atoms with Gasteiger partial charge in [-0.3, -0.25) is 10.1 Å². The van der Waals surface area contributed by atoms with Crippen LogP contribution in [0.1, 0.15) is 5.01 Å². The molecule has 82 valence electrons. The fourth-order valence-electron chi connectivity index (χ4n) is 1.00. The standard InChI is InChI=1S/C8H7N5O2S/c14-13(15)6-3-10-8(11-4-6)12-5-7-9-1-2-16-7/h1-4H,5H2,(H,10,11,12). The topological polar surface area (TPSA) is 93.8 Å². The Hall–Kier alpha value is -2.09. The Bertz CT molecular complexity index is 470. The minimum absolute atomic E-state index is 0.125. The van der Waals surface area contributed by atoms with Crippen molar-refractivity contribution < 1.29 is 4.92 Å². The lowest BCUT2D eigenvalue weighted by Crippen LogP contribution is -2.03. The van der Waals surface area contributed by atoms with Gasteiger partial charge in [0.2, 0.25) is 5.95 Å². The fraction of sp³-hybridized carbons (Fsp3) is 0.125. The minimum atomic E-state index is -0.537. The third-order valence-corrected chi connectivity index (χ3v) is 2.51. The van der Waals surface area contributed by atoms with Gasteiger partial charge in [-0.05, 0) is 0 Å². The van der Waals surface area contributed by atoms with Crippen LogP contribution >= 0.6 is 11.3 Å². The maximum Gasteiger partial charge on any atom is 0.305 e. The Balaban J connectivity index is 1.98. The first kappa shape index (κ1) is 10.4. The van der Waals surface area contributed by atoms with E-state index in [2.05, 4.69) is 20.3 Å². The molecule has 8 heteroatoms. The number of anilines is 1. The van der Waals surface area contributed by atoms with Gasteiger partial charge in [0.1, 0.15) is 17.4 Å². The van der Waals surface area contributed by atoms with Crippen LogP contribution < -0.4 is 5.32 Å². The molecule has 2 heterocycles. The van der Waals surface area contributed by atoms with Crippen LogP contribution in [0.25, 0.3) is 0 Å². The Labute approximate surface area is 94.4 Å². The molecule has 16 heavy (non-hydrogen) atoms. The average molecular weight is 237 g/mol. The lowest BCUT2D eigenvalue weighted by atomic mass is 10.5. The molecular formula is C8H7N5O2S. The van der Waals surface area contributed by atoms with E-state index in [0.717, 1.165) is 17.4 Å². The molecule has 0 amide bonds. The number of hydrogen-bond donors (Lipinski definition) is 1. The quantitative estimate of drug-likeness (QED) is 0.639. The van der Waals surface area contributed by atoms with Crippen LogP contribution in [0.4, 0.5) is 11.6 Å². The van der Waals surface area contributed by atoms with Crippen molar-refractivity contribution in [2.24, 2.45) is 0 Å². The molecule has 0 bridgehead atoms. The summed E-state index contributed by atoms with van der Waals surface area (Å²) in [7, 11) is 0. The third-order valence-electron chi connectivity index (χ3n) is 1.73. The molecule has 0 atom stereocenters. The van der Waals surface area contributed by atoms with E-state index >= 15 is 0 Å². The van der Waals surface area contributed by atoms with Crippen LogP contribution in [0.3, 0.4) is 0 Å². The summed E-state index contributed by atoms with van der Waals surface area (Å²) < 4.78 is 0. The molecule has 1 N–H and O–H groups in total. The highest BCUT2D eigenvalue weighted by atomic mass is 32.1. The summed E-state index contributed by atoms with van der Waals surface area (Å²) in [6, 6.07) is 0. The van der Waals surface area contributed by atoms with Crippen LogP contribution in [-0.4, -0.2) is 19.9 Å². The van der Waals surface area contributed by atoms with Crippen LogP contribution in [0, 0.1) is 10.1 Å². The van der Waals surface area contributed by atoms with Gasteiger partial charge in [0.25, 0.3) is 0 Å². The summed E-state index contributed by atoms with van der Waals surface area (Å²) in [5.74, 6) is 0.348. The van der Waals surface area contributed by atoms with E-state index in [4.69, 9.17) is 0 Å². The number of nitrogens with zero attached hydrogens (tertiary/aromatic N) is 4. The number of nitro groups is 1. The van der Waals surface area contributed by atoms with E-state index in [1.807, 2.05) is 5.38 Å². The molecule has 7 nitrogen and oxygen atoms in total. The molecule has 0 aliphatic heterocycles. The normalized spacial score (nSPS) is 10.0. The Morgan fingerprint density at radius 2 is 2.12 bits per heavy atom. The second-order valence-electron chi connectivity index (χ2n) is 2.80. The molecule has 0 radical (unpaired) electrons.